The van der Waals surface area contributed by atoms with E-state index in [1.807, 2.05) is 68.4 Å². The molecule has 0 unspecified atom stereocenters. The Morgan fingerprint density at radius 1 is 1.12 bits per heavy atom. The number of aromatic nitrogens is 1. The Bertz CT molecular complexity index is 872. The van der Waals surface area contributed by atoms with Crippen molar-refractivity contribution < 1.29 is 13.9 Å². The average Bonchev–Trinajstić information content (AvgIpc) is 3.01. The Hall–Kier alpha value is -3.08. The largest absolute Gasteiger partial charge is 0.484 e. The fourth-order valence-corrected chi connectivity index (χ4v) is 2.68. The van der Waals surface area contributed by atoms with Gasteiger partial charge in [0, 0.05) is 25.5 Å². The van der Waals surface area contributed by atoms with Gasteiger partial charge in [-0.1, -0.05) is 42.5 Å². The summed E-state index contributed by atoms with van der Waals surface area (Å²) in [4.78, 5) is 16.4. The number of hydrogen-bond acceptors (Lipinski definition) is 4. The number of nitrogens with one attached hydrogen (secondary N) is 1. The molecule has 0 aliphatic carbocycles. The standard InChI is InChI=1S/C21H22N2O3/c1-15-7-6-10-18(13-15)25-14-20(24)22-12-11-19-21(23-16(2)26-19)17-8-4-3-5-9-17/h3-10,13H,11-12,14H2,1-2H3,(H,22,24). The molecule has 0 atom stereocenters. The normalized spacial score (nSPS) is 10.5. The van der Waals surface area contributed by atoms with Gasteiger partial charge in [0.05, 0.1) is 0 Å². The lowest BCUT2D eigenvalue weighted by Gasteiger charge is -2.08. The number of benzene rings is 2. The van der Waals surface area contributed by atoms with Crippen LogP contribution in [0, 0.1) is 13.8 Å². The molecule has 0 radical (unpaired) electrons. The van der Waals surface area contributed by atoms with Gasteiger partial charge in [-0.3, -0.25) is 4.79 Å². The summed E-state index contributed by atoms with van der Waals surface area (Å²) in [6, 6.07) is 17.5. The first kappa shape index (κ1) is 17.7. The van der Waals surface area contributed by atoms with Gasteiger partial charge in [-0.15, -0.1) is 0 Å². The highest BCUT2D eigenvalue weighted by molar-refractivity contribution is 5.77. The molecule has 1 N–H and O–H groups in total. The second-order valence-electron chi connectivity index (χ2n) is 6.08. The van der Waals surface area contributed by atoms with Crippen molar-refractivity contribution >= 4 is 5.91 Å². The van der Waals surface area contributed by atoms with Crippen LogP contribution in [-0.4, -0.2) is 24.0 Å². The summed E-state index contributed by atoms with van der Waals surface area (Å²) in [5.41, 5.74) is 2.93. The minimum absolute atomic E-state index is 0.00950. The third-order valence-electron chi connectivity index (χ3n) is 3.89. The SMILES string of the molecule is Cc1cccc(OCC(=O)NCCc2oc(C)nc2-c2ccccc2)c1. The molecule has 26 heavy (non-hydrogen) atoms. The molecule has 0 aliphatic heterocycles. The molecule has 0 saturated carbocycles. The molecule has 0 bridgehead atoms. The molecule has 1 aromatic heterocycles. The summed E-state index contributed by atoms with van der Waals surface area (Å²) in [6.07, 6.45) is 0.571. The van der Waals surface area contributed by atoms with Gasteiger partial charge >= 0.3 is 0 Å². The van der Waals surface area contributed by atoms with Crippen molar-refractivity contribution in [3.8, 4) is 17.0 Å². The van der Waals surface area contributed by atoms with Crippen LogP contribution in [0.4, 0.5) is 0 Å². The van der Waals surface area contributed by atoms with E-state index in [-0.39, 0.29) is 12.5 Å². The topological polar surface area (TPSA) is 64.4 Å². The lowest BCUT2D eigenvalue weighted by Crippen LogP contribution is -2.30. The van der Waals surface area contributed by atoms with E-state index in [0.29, 0.717) is 24.6 Å². The van der Waals surface area contributed by atoms with E-state index in [9.17, 15) is 4.79 Å². The third-order valence-corrected chi connectivity index (χ3v) is 3.89. The zero-order valence-electron chi connectivity index (χ0n) is 15.0. The monoisotopic (exact) mass is 350 g/mol. The summed E-state index contributed by atoms with van der Waals surface area (Å²) in [6.45, 7) is 4.26. The number of carbonyl (C=O) groups excluding carboxylic acids is 1. The molecule has 0 fully saturated rings. The minimum Gasteiger partial charge on any atom is -0.484 e. The lowest BCUT2D eigenvalue weighted by atomic mass is 10.1. The van der Waals surface area contributed by atoms with Crippen molar-refractivity contribution in [3.63, 3.8) is 0 Å². The fourth-order valence-electron chi connectivity index (χ4n) is 2.68. The van der Waals surface area contributed by atoms with E-state index in [4.69, 9.17) is 9.15 Å². The minimum atomic E-state index is -0.163. The molecule has 3 rings (SSSR count). The number of rotatable bonds is 7. The molecule has 2 aromatic carbocycles. The highest BCUT2D eigenvalue weighted by Gasteiger charge is 2.13. The maximum Gasteiger partial charge on any atom is 0.257 e. The average molecular weight is 350 g/mol. The van der Waals surface area contributed by atoms with Crippen LogP contribution in [0.1, 0.15) is 17.2 Å². The third kappa shape index (κ3) is 4.72. The van der Waals surface area contributed by atoms with Gasteiger partial charge in [0.1, 0.15) is 17.2 Å². The van der Waals surface area contributed by atoms with Gasteiger partial charge in [0.15, 0.2) is 12.5 Å². The van der Waals surface area contributed by atoms with Gasteiger partial charge in [0.25, 0.3) is 5.91 Å². The number of aryl methyl sites for hydroxylation is 2. The van der Waals surface area contributed by atoms with Gasteiger partial charge in [0.2, 0.25) is 0 Å². The maximum absolute atomic E-state index is 12.0. The second kappa shape index (κ2) is 8.34. The second-order valence-corrected chi connectivity index (χ2v) is 6.08. The summed E-state index contributed by atoms with van der Waals surface area (Å²) in [7, 11) is 0. The number of oxazole rings is 1. The van der Waals surface area contributed by atoms with Crippen LogP contribution in [0.5, 0.6) is 5.75 Å². The predicted octanol–water partition coefficient (Wildman–Crippen LogP) is 3.70. The first-order valence-electron chi connectivity index (χ1n) is 8.60. The van der Waals surface area contributed by atoms with Crippen LogP contribution in [0.25, 0.3) is 11.3 Å². The number of amides is 1. The Balaban J connectivity index is 1.51. The first-order chi connectivity index (χ1) is 12.6. The molecular weight excluding hydrogens is 328 g/mol. The molecule has 0 spiro atoms. The molecule has 134 valence electrons. The highest BCUT2D eigenvalue weighted by Crippen LogP contribution is 2.23. The quantitative estimate of drug-likeness (QED) is 0.706. The zero-order chi connectivity index (χ0) is 18.4. The maximum atomic E-state index is 12.0. The van der Waals surface area contributed by atoms with Crippen molar-refractivity contribution in [3.05, 3.63) is 71.8 Å². The van der Waals surface area contributed by atoms with Crippen molar-refractivity contribution in [1.29, 1.82) is 0 Å². The summed E-state index contributed by atoms with van der Waals surface area (Å²) in [5.74, 6) is 1.92. The Kier molecular flexibility index (Phi) is 5.69. The molecule has 0 aliphatic rings. The summed E-state index contributed by atoms with van der Waals surface area (Å²) in [5, 5.41) is 2.85. The Morgan fingerprint density at radius 2 is 1.92 bits per heavy atom. The van der Waals surface area contributed by atoms with Crippen LogP contribution in [-0.2, 0) is 11.2 Å². The van der Waals surface area contributed by atoms with Gasteiger partial charge < -0.3 is 14.5 Å². The molecule has 5 nitrogen and oxygen atoms in total. The smallest absolute Gasteiger partial charge is 0.257 e. The van der Waals surface area contributed by atoms with E-state index in [2.05, 4.69) is 10.3 Å². The van der Waals surface area contributed by atoms with Gasteiger partial charge in [-0.25, -0.2) is 4.98 Å². The van der Waals surface area contributed by atoms with Crippen LogP contribution >= 0.6 is 0 Å². The lowest BCUT2D eigenvalue weighted by molar-refractivity contribution is -0.123. The van der Waals surface area contributed by atoms with Crippen LogP contribution in [0.3, 0.4) is 0 Å². The Morgan fingerprint density at radius 3 is 2.69 bits per heavy atom. The number of carbonyl (C=O) groups is 1. The fraction of sp³-hybridized carbons (Fsp3) is 0.238. The number of hydrogen-bond donors (Lipinski definition) is 1. The molecular formula is C21H22N2O3. The Labute approximate surface area is 153 Å². The van der Waals surface area contributed by atoms with Crippen molar-refractivity contribution in [2.24, 2.45) is 0 Å². The van der Waals surface area contributed by atoms with Gasteiger partial charge in [-0.2, -0.15) is 0 Å². The van der Waals surface area contributed by atoms with Crippen molar-refractivity contribution in [1.82, 2.24) is 10.3 Å². The summed E-state index contributed by atoms with van der Waals surface area (Å²) >= 11 is 0. The van der Waals surface area contributed by atoms with Crippen LogP contribution < -0.4 is 10.1 Å². The van der Waals surface area contributed by atoms with E-state index in [0.717, 1.165) is 22.6 Å². The van der Waals surface area contributed by atoms with E-state index >= 15 is 0 Å². The zero-order valence-corrected chi connectivity index (χ0v) is 15.0. The van der Waals surface area contributed by atoms with E-state index in [1.165, 1.54) is 0 Å². The van der Waals surface area contributed by atoms with Crippen LogP contribution in [0.2, 0.25) is 0 Å². The van der Waals surface area contributed by atoms with Crippen LogP contribution in [0.15, 0.2) is 59.0 Å². The highest BCUT2D eigenvalue weighted by atomic mass is 16.5. The predicted molar refractivity (Wildman–Crippen MR) is 100 cm³/mol. The molecule has 3 aromatic rings. The molecule has 0 saturated heterocycles. The summed E-state index contributed by atoms with van der Waals surface area (Å²) < 4.78 is 11.2. The first-order valence-corrected chi connectivity index (χ1v) is 8.60. The van der Waals surface area contributed by atoms with Gasteiger partial charge in [-0.05, 0) is 24.6 Å². The van der Waals surface area contributed by atoms with E-state index < -0.39 is 0 Å². The molecule has 5 heteroatoms. The number of nitrogens with zero attached hydrogens (tertiary/aromatic N) is 1. The van der Waals surface area contributed by atoms with E-state index in [1.54, 1.807) is 0 Å². The molecule has 1 amide bonds. The number of ether oxygens (including phenoxy) is 1. The molecule has 1 heterocycles. The van der Waals surface area contributed by atoms with Crippen molar-refractivity contribution in [2.75, 3.05) is 13.2 Å². The van der Waals surface area contributed by atoms with Crippen molar-refractivity contribution in [2.45, 2.75) is 20.3 Å².